The van der Waals surface area contributed by atoms with E-state index >= 15 is 0 Å². The van der Waals surface area contributed by atoms with Crippen LogP contribution in [0, 0.1) is 0 Å². The number of halogens is 2. The van der Waals surface area contributed by atoms with Crippen LogP contribution in [0.5, 0.6) is 0 Å². The Morgan fingerprint density at radius 2 is 1.10 bits per heavy atom. The summed E-state index contributed by atoms with van der Waals surface area (Å²) in [5, 5.41) is 10.3. The Morgan fingerprint density at radius 1 is 0.690 bits per heavy atom. The zero-order valence-electron chi connectivity index (χ0n) is 25.9. The molecular weight excluding hydrogens is 688 g/mol. The lowest BCUT2D eigenvalue weighted by Gasteiger charge is -2.31. The summed E-state index contributed by atoms with van der Waals surface area (Å²) < 4.78 is 19.0. The van der Waals surface area contributed by atoms with Crippen molar-refractivity contribution in [1.29, 1.82) is 0 Å². The van der Waals surface area contributed by atoms with Crippen molar-refractivity contribution >= 4 is 69.8 Å². The average Bonchev–Trinajstić information content (AvgIpc) is 3.46. The number of nitrogens with zero attached hydrogens (tertiary/aromatic N) is 2. The van der Waals surface area contributed by atoms with Gasteiger partial charge in [0.2, 0.25) is 0 Å². The lowest BCUT2D eigenvalue weighted by atomic mass is 9.99. The highest BCUT2D eigenvalue weighted by molar-refractivity contribution is 9.10. The van der Waals surface area contributed by atoms with Gasteiger partial charge < -0.3 is 29.2 Å². The molecule has 1 aliphatic heterocycles. The van der Waals surface area contributed by atoms with E-state index in [1.165, 1.54) is 45.0 Å². The van der Waals surface area contributed by atoms with Gasteiger partial charge in [0.25, 0.3) is 0 Å². The number of benzene rings is 2. The zero-order chi connectivity index (χ0) is 30.1. The van der Waals surface area contributed by atoms with Gasteiger partial charge in [0.15, 0.2) is 0 Å². The maximum Gasteiger partial charge on any atom is 0.122 e. The Balaban J connectivity index is 1.30. The SMILES string of the molecule is C[Si](C)(C)CCOCn1cc([C@@H]2CN[C@@H](c3cn(COCC[Si](C)(C)C)c4cc(Br)ccc34)CN2)c2ccc(Br)cc21. The van der Waals surface area contributed by atoms with Crippen LogP contribution in [-0.4, -0.2) is 51.6 Å². The minimum Gasteiger partial charge on any atom is -0.361 e. The molecule has 4 aromatic rings. The summed E-state index contributed by atoms with van der Waals surface area (Å²) in [6.45, 7) is 18.9. The van der Waals surface area contributed by atoms with E-state index in [1.807, 2.05) is 0 Å². The van der Waals surface area contributed by atoms with Crippen LogP contribution in [0.1, 0.15) is 23.2 Å². The van der Waals surface area contributed by atoms with Crippen LogP contribution in [0.4, 0.5) is 0 Å². The van der Waals surface area contributed by atoms with Gasteiger partial charge in [-0.3, -0.25) is 0 Å². The van der Waals surface area contributed by atoms with E-state index in [-0.39, 0.29) is 12.1 Å². The lowest BCUT2D eigenvalue weighted by Crippen LogP contribution is -2.45. The molecule has 2 N–H and O–H groups in total. The second kappa shape index (κ2) is 13.4. The number of ether oxygens (including phenoxy) is 2. The molecule has 0 bridgehead atoms. The van der Waals surface area contributed by atoms with Crippen molar-refractivity contribution in [1.82, 2.24) is 19.8 Å². The summed E-state index contributed by atoms with van der Waals surface area (Å²) in [5.41, 5.74) is 5.05. The molecule has 0 unspecified atom stereocenters. The molecule has 228 valence electrons. The fraction of sp³-hybridized carbons (Fsp3) is 0.500. The normalized spacial score (nSPS) is 18.4. The number of nitrogens with one attached hydrogen (secondary N) is 2. The van der Waals surface area contributed by atoms with Crippen LogP contribution in [-0.2, 0) is 22.9 Å². The van der Waals surface area contributed by atoms with Crippen molar-refractivity contribution < 1.29 is 9.47 Å². The molecule has 6 nitrogen and oxygen atoms in total. The quantitative estimate of drug-likeness (QED) is 0.113. The maximum atomic E-state index is 6.15. The van der Waals surface area contributed by atoms with E-state index in [0.29, 0.717) is 13.5 Å². The first kappa shape index (κ1) is 32.2. The molecule has 1 saturated heterocycles. The van der Waals surface area contributed by atoms with Gasteiger partial charge in [-0.1, -0.05) is 83.3 Å². The number of hydrogen-bond acceptors (Lipinski definition) is 4. The zero-order valence-corrected chi connectivity index (χ0v) is 31.1. The van der Waals surface area contributed by atoms with E-state index in [2.05, 4.69) is 140 Å². The second-order valence-electron chi connectivity index (χ2n) is 14.0. The van der Waals surface area contributed by atoms with Gasteiger partial charge in [-0.25, -0.2) is 0 Å². The molecule has 0 spiro atoms. The first-order valence-corrected chi connectivity index (χ1v) is 24.1. The van der Waals surface area contributed by atoms with Crippen LogP contribution in [0.15, 0.2) is 57.7 Å². The minimum absolute atomic E-state index is 0.223. The Morgan fingerprint density at radius 3 is 1.45 bits per heavy atom. The van der Waals surface area contributed by atoms with Gasteiger partial charge in [-0.2, -0.15) is 0 Å². The molecule has 0 saturated carbocycles. The average molecular weight is 735 g/mol. The number of rotatable bonds is 12. The molecule has 3 heterocycles. The predicted octanol–water partition coefficient (Wildman–Crippen LogP) is 8.72. The Kier molecular flexibility index (Phi) is 10.3. The number of fused-ring (bicyclic) bond motifs is 2. The molecule has 0 radical (unpaired) electrons. The van der Waals surface area contributed by atoms with Crippen LogP contribution in [0.2, 0.25) is 51.4 Å². The molecule has 1 aliphatic rings. The predicted molar refractivity (Wildman–Crippen MR) is 189 cm³/mol. The Hall–Kier alpha value is -1.25. The highest BCUT2D eigenvalue weighted by atomic mass is 79.9. The van der Waals surface area contributed by atoms with Gasteiger partial charge in [0, 0.05) is 86.6 Å². The third-order valence-corrected chi connectivity index (χ3v) is 12.5. The van der Waals surface area contributed by atoms with E-state index in [1.54, 1.807) is 0 Å². The highest BCUT2D eigenvalue weighted by Gasteiger charge is 2.27. The molecule has 1 fully saturated rings. The summed E-state index contributed by atoms with van der Waals surface area (Å²) in [6, 6.07) is 16.0. The molecule has 10 heteroatoms. The second-order valence-corrected chi connectivity index (χ2v) is 27.1. The number of piperazine rings is 1. The molecule has 2 atom stereocenters. The van der Waals surface area contributed by atoms with E-state index in [0.717, 1.165) is 35.2 Å². The Bertz CT molecular complexity index is 1400. The molecule has 5 rings (SSSR count). The number of hydrogen-bond donors (Lipinski definition) is 2. The topological polar surface area (TPSA) is 52.4 Å². The van der Waals surface area contributed by atoms with Gasteiger partial charge in [-0.15, -0.1) is 0 Å². The van der Waals surface area contributed by atoms with Crippen molar-refractivity contribution in [3.8, 4) is 0 Å². The van der Waals surface area contributed by atoms with Crippen molar-refractivity contribution in [2.45, 2.75) is 76.9 Å². The van der Waals surface area contributed by atoms with E-state index in [9.17, 15) is 0 Å². The van der Waals surface area contributed by atoms with Gasteiger partial charge >= 0.3 is 0 Å². The van der Waals surface area contributed by atoms with Crippen molar-refractivity contribution in [2.24, 2.45) is 0 Å². The third kappa shape index (κ3) is 8.07. The van der Waals surface area contributed by atoms with Gasteiger partial charge in [-0.05, 0) is 47.5 Å². The Labute approximate surface area is 269 Å². The van der Waals surface area contributed by atoms with Crippen LogP contribution in [0.3, 0.4) is 0 Å². The molecular formula is C32H46Br2N4O2Si2. The van der Waals surface area contributed by atoms with Crippen molar-refractivity contribution in [3.05, 3.63) is 68.9 Å². The minimum atomic E-state index is -1.12. The largest absolute Gasteiger partial charge is 0.361 e. The summed E-state index contributed by atoms with van der Waals surface area (Å²) in [6.07, 6.45) is 4.57. The standard InChI is InChI=1S/C32H46Br2N4O2Si2/c1-41(2,3)13-11-39-21-37-19-27(25-9-7-23(33)15-31(25)37)29-17-36-30(18-35-29)28-20-38(22-40-12-14-42(4,5)6)32-16-24(34)8-10-26(28)32/h7-10,15-16,19-20,29-30,35-36H,11-14,17-18,21-22H2,1-6H3/t29-,30+. The maximum absolute atomic E-state index is 6.15. The molecule has 0 amide bonds. The van der Waals surface area contributed by atoms with E-state index in [4.69, 9.17) is 9.47 Å². The lowest BCUT2D eigenvalue weighted by molar-refractivity contribution is 0.0899. The van der Waals surface area contributed by atoms with Crippen molar-refractivity contribution in [2.75, 3.05) is 26.3 Å². The summed E-state index contributed by atoms with van der Waals surface area (Å²) in [4.78, 5) is 0. The van der Waals surface area contributed by atoms with Gasteiger partial charge in [0.05, 0.1) is 11.0 Å². The van der Waals surface area contributed by atoms with Crippen LogP contribution < -0.4 is 10.6 Å². The van der Waals surface area contributed by atoms with Crippen LogP contribution >= 0.6 is 31.9 Å². The van der Waals surface area contributed by atoms with E-state index < -0.39 is 16.1 Å². The smallest absolute Gasteiger partial charge is 0.122 e. The molecule has 0 aliphatic carbocycles. The summed E-state index contributed by atoms with van der Waals surface area (Å²) in [7, 11) is -2.24. The molecule has 42 heavy (non-hydrogen) atoms. The molecule has 2 aromatic carbocycles. The fourth-order valence-electron chi connectivity index (χ4n) is 5.54. The summed E-state index contributed by atoms with van der Waals surface area (Å²) in [5.74, 6) is 0. The molecule has 2 aromatic heterocycles. The summed E-state index contributed by atoms with van der Waals surface area (Å²) >= 11 is 7.36. The first-order chi connectivity index (χ1) is 19.9. The fourth-order valence-corrected chi connectivity index (χ4v) is 7.75. The first-order valence-electron chi connectivity index (χ1n) is 15.1. The van der Waals surface area contributed by atoms with Crippen LogP contribution in [0.25, 0.3) is 21.8 Å². The van der Waals surface area contributed by atoms with Crippen molar-refractivity contribution in [3.63, 3.8) is 0 Å². The number of aromatic nitrogens is 2. The highest BCUT2D eigenvalue weighted by Crippen LogP contribution is 2.34. The van der Waals surface area contributed by atoms with Gasteiger partial charge in [0.1, 0.15) is 13.5 Å². The monoisotopic (exact) mass is 732 g/mol. The third-order valence-electron chi connectivity index (χ3n) is 8.09.